The van der Waals surface area contributed by atoms with Crippen LogP contribution in [0.1, 0.15) is 11.6 Å². The Labute approximate surface area is 162 Å². The zero-order valence-corrected chi connectivity index (χ0v) is 15.5. The van der Waals surface area contributed by atoms with Gasteiger partial charge >= 0.3 is 6.03 Å². The Morgan fingerprint density at radius 3 is 2.31 bits per heavy atom. The number of hydrogen-bond donors (Lipinski definition) is 1. The summed E-state index contributed by atoms with van der Waals surface area (Å²) in [6.45, 7) is 2.33. The molecular formula is C19H18Cl2N4O. The van der Waals surface area contributed by atoms with Crippen molar-refractivity contribution in [2.75, 3.05) is 31.5 Å². The number of anilines is 1. The first-order valence-corrected chi connectivity index (χ1v) is 9.03. The number of nitrogens with zero attached hydrogens (tertiary/aromatic N) is 3. The molecule has 26 heavy (non-hydrogen) atoms. The van der Waals surface area contributed by atoms with Crippen LogP contribution < -0.4 is 5.32 Å². The first-order valence-electron chi connectivity index (χ1n) is 8.27. The lowest BCUT2D eigenvalue weighted by Crippen LogP contribution is -2.50. The molecule has 2 aromatic carbocycles. The van der Waals surface area contributed by atoms with E-state index in [2.05, 4.69) is 16.3 Å². The van der Waals surface area contributed by atoms with Crippen molar-refractivity contribution in [3.8, 4) is 6.07 Å². The molecule has 1 atom stereocenters. The number of carbonyl (C=O) groups is 1. The molecule has 1 heterocycles. The lowest BCUT2D eigenvalue weighted by atomic mass is 10.1. The van der Waals surface area contributed by atoms with Crippen molar-refractivity contribution in [3.63, 3.8) is 0 Å². The molecule has 0 spiro atoms. The molecule has 2 aromatic rings. The van der Waals surface area contributed by atoms with Crippen molar-refractivity contribution >= 4 is 34.9 Å². The number of amides is 2. The maximum atomic E-state index is 12.4. The number of halogens is 2. The summed E-state index contributed by atoms with van der Waals surface area (Å²) >= 11 is 12.0. The second-order valence-corrected chi connectivity index (χ2v) is 6.92. The predicted molar refractivity (Wildman–Crippen MR) is 103 cm³/mol. The molecule has 1 unspecified atom stereocenters. The van der Waals surface area contributed by atoms with Gasteiger partial charge in [0, 0.05) is 41.9 Å². The van der Waals surface area contributed by atoms with Crippen molar-refractivity contribution in [2.24, 2.45) is 0 Å². The van der Waals surface area contributed by atoms with Gasteiger partial charge in [-0.05, 0) is 35.9 Å². The minimum atomic E-state index is -0.369. The molecule has 0 radical (unpaired) electrons. The zero-order valence-electron chi connectivity index (χ0n) is 14.0. The average molecular weight is 389 g/mol. The fourth-order valence-corrected chi connectivity index (χ4v) is 3.38. The number of nitriles is 1. The highest BCUT2D eigenvalue weighted by Crippen LogP contribution is 2.24. The lowest BCUT2D eigenvalue weighted by Gasteiger charge is -2.37. The average Bonchev–Trinajstić information content (AvgIpc) is 2.63. The number of hydrogen-bond acceptors (Lipinski definition) is 3. The number of urea groups is 1. The quantitative estimate of drug-likeness (QED) is 0.846. The molecule has 0 bridgehead atoms. The third-order valence-corrected chi connectivity index (χ3v) is 4.80. The first-order chi connectivity index (χ1) is 12.6. The summed E-state index contributed by atoms with van der Waals surface area (Å²) in [4.78, 5) is 16.2. The van der Waals surface area contributed by atoms with Crippen molar-refractivity contribution in [3.05, 3.63) is 64.1 Å². The SMILES string of the molecule is N#CC(c1cccc(Cl)c1)N1CCN(C(=O)Nc2cccc(Cl)c2)CC1. The highest BCUT2D eigenvalue weighted by Gasteiger charge is 2.27. The van der Waals surface area contributed by atoms with Crippen molar-refractivity contribution in [1.29, 1.82) is 5.26 Å². The number of piperazine rings is 1. The Morgan fingerprint density at radius 1 is 1.04 bits per heavy atom. The Morgan fingerprint density at radius 2 is 1.69 bits per heavy atom. The van der Waals surface area contributed by atoms with Gasteiger partial charge in [-0.15, -0.1) is 0 Å². The van der Waals surface area contributed by atoms with E-state index >= 15 is 0 Å². The maximum Gasteiger partial charge on any atom is 0.321 e. The van der Waals surface area contributed by atoms with Gasteiger partial charge in [-0.1, -0.05) is 41.4 Å². The molecule has 1 N–H and O–H groups in total. The van der Waals surface area contributed by atoms with Crippen LogP contribution in [0.4, 0.5) is 10.5 Å². The van der Waals surface area contributed by atoms with E-state index < -0.39 is 0 Å². The third-order valence-electron chi connectivity index (χ3n) is 4.33. The van der Waals surface area contributed by atoms with Gasteiger partial charge in [0.05, 0.1) is 6.07 Å². The Kier molecular flexibility index (Phi) is 6.00. The summed E-state index contributed by atoms with van der Waals surface area (Å²) in [6, 6.07) is 16.2. The zero-order chi connectivity index (χ0) is 18.5. The summed E-state index contributed by atoms with van der Waals surface area (Å²) in [5, 5.41) is 13.6. The van der Waals surface area contributed by atoms with Gasteiger partial charge in [0.2, 0.25) is 0 Å². The van der Waals surface area contributed by atoms with Gasteiger partial charge in [0.25, 0.3) is 0 Å². The van der Waals surface area contributed by atoms with Crippen molar-refractivity contribution in [1.82, 2.24) is 9.80 Å². The van der Waals surface area contributed by atoms with Crippen LogP contribution in [0.15, 0.2) is 48.5 Å². The molecule has 134 valence electrons. The summed E-state index contributed by atoms with van der Waals surface area (Å²) in [7, 11) is 0. The lowest BCUT2D eigenvalue weighted by molar-refractivity contribution is 0.131. The fraction of sp³-hybridized carbons (Fsp3) is 0.263. The molecule has 5 nitrogen and oxygen atoms in total. The number of nitrogens with one attached hydrogen (secondary N) is 1. The molecule has 1 aliphatic rings. The molecule has 7 heteroatoms. The Bertz CT molecular complexity index is 828. The van der Waals surface area contributed by atoms with E-state index in [-0.39, 0.29) is 12.1 Å². The topological polar surface area (TPSA) is 59.4 Å². The maximum absolute atomic E-state index is 12.4. The van der Waals surface area contributed by atoms with Crippen LogP contribution in [0, 0.1) is 11.3 Å². The first kappa shape index (κ1) is 18.5. The van der Waals surface area contributed by atoms with Crippen LogP contribution in [0.2, 0.25) is 10.0 Å². The summed E-state index contributed by atoms with van der Waals surface area (Å²) < 4.78 is 0. The number of benzene rings is 2. The van der Waals surface area contributed by atoms with Crippen LogP contribution in [0.3, 0.4) is 0 Å². The van der Waals surface area contributed by atoms with Crippen LogP contribution in [0.25, 0.3) is 0 Å². The van der Waals surface area contributed by atoms with Gasteiger partial charge in [-0.25, -0.2) is 4.79 Å². The number of rotatable bonds is 3. The summed E-state index contributed by atoms with van der Waals surface area (Å²) in [5.74, 6) is 0. The van der Waals surface area contributed by atoms with Gasteiger partial charge < -0.3 is 10.2 Å². The van der Waals surface area contributed by atoms with Gasteiger partial charge in [0.15, 0.2) is 0 Å². The van der Waals surface area contributed by atoms with Gasteiger partial charge in [-0.2, -0.15) is 5.26 Å². The minimum Gasteiger partial charge on any atom is -0.322 e. The summed E-state index contributed by atoms with van der Waals surface area (Å²) in [6.07, 6.45) is 0. The van der Waals surface area contributed by atoms with E-state index in [4.69, 9.17) is 23.2 Å². The van der Waals surface area contributed by atoms with E-state index in [1.165, 1.54) is 0 Å². The standard InChI is InChI=1S/C19H18Cl2N4O/c20-15-4-1-3-14(11-15)18(13-22)24-7-9-25(10-8-24)19(26)23-17-6-2-5-16(21)12-17/h1-6,11-12,18H,7-10H2,(H,23,26). The van der Waals surface area contributed by atoms with E-state index in [1.807, 2.05) is 18.2 Å². The molecule has 0 saturated carbocycles. The molecule has 1 fully saturated rings. The minimum absolute atomic E-state index is 0.164. The molecule has 3 rings (SSSR count). The third kappa shape index (κ3) is 4.47. The second kappa shape index (κ2) is 8.41. The van der Waals surface area contributed by atoms with E-state index in [0.717, 1.165) is 5.56 Å². The van der Waals surface area contributed by atoms with Crippen LogP contribution in [-0.2, 0) is 0 Å². The smallest absolute Gasteiger partial charge is 0.321 e. The molecule has 0 aromatic heterocycles. The highest BCUT2D eigenvalue weighted by atomic mass is 35.5. The number of carbonyl (C=O) groups excluding carboxylic acids is 1. The van der Waals surface area contributed by atoms with Crippen molar-refractivity contribution in [2.45, 2.75) is 6.04 Å². The second-order valence-electron chi connectivity index (χ2n) is 6.05. The molecule has 2 amide bonds. The Hall–Kier alpha value is -2.26. The molecule has 1 aliphatic heterocycles. The Balaban J connectivity index is 1.59. The predicted octanol–water partition coefficient (Wildman–Crippen LogP) is 4.41. The molecule has 1 saturated heterocycles. The normalized spacial score (nSPS) is 16.0. The molecular weight excluding hydrogens is 371 g/mol. The largest absolute Gasteiger partial charge is 0.322 e. The van der Waals surface area contributed by atoms with Gasteiger partial charge in [0.1, 0.15) is 6.04 Å². The van der Waals surface area contributed by atoms with E-state index in [9.17, 15) is 10.1 Å². The van der Waals surface area contributed by atoms with Crippen molar-refractivity contribution < 1.29 is 4.79 Å². The highest BCUT2D eigenvalue weighted by molar-refractivity contribution is 6.31. The monoisotopic (exact) mass is 388 g/mol. The van der Waals surface area contributed by atoms with E-state index in [0.29, 0.717) is 41.9 Å². The molecule has 0 aliphatic carbocycles. The van der Waals surface area contributed by atoms with Gasteiger partial charge in [-0.3, -0.25) is 4.90 Å². The van der Waals surface area contributed by atoms with Crippen LogP contribution in [0.5, 0.6) is 0 Å². The summed E-state index contributed by atoms with van der Waals surface area (Å²) in [5.41, 5.74) is 1.54. The fourth-order valence-electron chi connectivity index (χ4n) is 3.00. The van der Waals surface area contributed by atoms with Crippen LogP contribution in [-0.4, -0.2) is 42.0 Å². The van der Waals surface area contributed by atoms with E-state index in [1.54, 1.807) is 35.2 Å². The van der Waals surface area contributed by atoms with Crippen LogP contribution >= 0.6 is 23.2 Å².